The number of ether oxygens (including phenoxy) is 2. The van der Waals surface area contributed by atoms with Crippen molar-refractivity contribution >= 4 is 39.7 Å². The van der Waals surface area contributed by atoms with Crippen molar-refractivity contribution in [2.45, 2.75) is 0 Å². The van der Waals surface area contributed by atoms with Gasteiger partial charge in [0.25, 0.3) is 5.91 Å². The number of amides is 1. The molecule has 6 nitrogen and oxygen atoms in total. The molecule has 1 amide bonds. The number of nitrogens with one attached hydrogen (secondary N) is 2. The van der Waals surface area contributed by atoms with Crippen molar-refractivity contribution in [2.75, 3.05) is 12.1 Å². The van der Waals surface area contributed by atoms with Crippen LogP contribution in [0.5, 0.6) is 11.5 Å². The van der Waals surface area contributed by atoms with E-state index >= 15 is 0 Å². The van der Waals surface area contributed by atoms with Crippen molar-refractivity contribution in [2.24, 2.45) is 0 Å². The van der Waals surface area contributed by atoms with Gasteiger partial charge in [0.2, 0.25) is 6.79 Å². The van der Waals surface area contributed by atoms with Gasteiger partial charge >= 0.3 is 0 Å². The Kier molecular flexibility index (Phi) is 4.51. The largest absolute Gasteiger partial charge is 0.454 e. The number of benzene rings is 2. The summed E-state index contributed by atoms with van der Waals surface area (Å²) in [7, 11) is 0. The molecule has 0 aliphatic carbocycles. The quantitative estimate of drug-likeness (QED) is 0.673. The molecule has 0 saturated heterocycles. The number of nitrogens with zero attached hydrogens (tertiary/aromatic N) is 1. The summed E-state index contributed by atoms with van der Waals surface area (Å²) < 4.78 is 10.5. The first-order valence-corrected chi connectivity index (χ1v) is 9.01. The summed E-state index contributed by atoms with van der Waals surface area (Å²) in [5.74, 6) is 0.836. The standard InChI is InChI=1S/C18H13N3O3S2/c22-16(12-6-7-14-15(8-12)24-10-23-14)20-17(25)21-18-19-13(9-26-18)11-4-2-1-3-5-11/h1-9H,10H2,(H2,19,20,21,22,25). The van der Waals surface area contributed by atoms with E-state index in [2.05, 4.69) is 15.6 Å². The average Bonchev–Trinajstić information content (AvgIpc) is 3.30. The minimum absolute atomic E-state index is 0.161. The van der Waals surface area contributed by atoms with Crippen molar-refractivity contribution in [3.63, 3.8) is 0 Å². The van der Waals surface area contributed by atoms with Crippen LogP contribution in [0.15, 0.2) is 53.9 Å². The summed E-state index contributed by atoms with van der Waals surface area (Å²) >= 11 is 6.62. The van der Waals surface area contributed by atoms with Gasteiger partial charge in [0.1, 0.15) is 0 Å². The van der Waals surface area contributed by atoms with Crippen LogP contribution in [0.25, 0.3) is 11.3 Å². The Morgan fingerprint density at radius 1 is 1.12 bits per heavy atom. The Hall–Kier alpha value is -2.97. The van der Waals surface area contributed by atoms with Crippen molar-refractivity contribution in [1.29, 1.82) is 0 Å². The molecule has 2 aromatic carbocycles. The number of aromatic nitrogens is 1. The molecule has 0 bridgehead atoms. The highest BCUT2D eigenvalue weighted by Gasteiger charge is 2.17. The molecular weight excluding hydrogens is 370 g/mol. The summed E-state index contributed by atoms with van der Waals surface area (Å²) in [6.07, 6.45) is 0. The van der Waals surface area contributed by atoms with Gasteiger partial charge in [-0.2, -0.15) is 0 Å². The summed E-state index contributed by atoms with van der Waals surface area (Å²) in [4.78, 5) is 16.8. The number of hydrogen-bond donors (Lipinski definition) is 2. The molecule has 0 saturated carbocycles. The fraction of sp³-hybridized carbons (Fsp3) is 0.0556. The van der Waals surface area contributed by atoms with Crippen LogP contribution in [0, 0.1) is 0 Å². The zero-order chi connectivity index (χ0) is 17.9. The first-order valence-electron chi connectivity index (χ1n) is 7.72. The van der Waals surface area contributed by atoms with Gasteiger partial charge in [-0.3, -0.25) is 10.1 Å². The maximum absolute atomic E-state index is 12.3. The van der Waals surface area contributed by atoms with Crippen LogP contribution in [0.3, 0.4) is 0 Å². The van der Waals surface area contributed by atoms with Crippen LogP contribution >= 0.6 is 23.6 Å². The molecule has 8 heteroatoms. The van der Waals surface area contributed by atoms with Gasteiger partial charge in [0.15, 0.2) is 21.7 Å². The molecule has 26 heavy (non-hydrogen) atoms. The molecule has 1 aromatic heterocycles. The number of fused-ring (bicyclic) bond motifs is 1. The van der Waals surface area contributed by atoms with E-state index in [1.165, 1.54) is 11.3 Å². The van der Waals surface area contributed by atoms with Crippen LogP contribution in [0.4, 0.5) is 5.13 Å². The van der Waals surface area contributed by atoms with Crippen LogP contribution in [-0.4, -0.2) is 22.8 Å². The lowest BCUT2D eigenvalue weighted by atomic mass is 10.2. The highest BCUT2D eigenvalue weighted by Crippen LogP contribution is 2.32. The fourth-order valence-electron chi connectivity index (χ4n) is 2.41. The lowest BCUT2D eigenvalue weighted by molar-refractivity contribution is 0.0977. The molecule has 2 heterocycles. The molecule has 3 aromatic rings. The van der Waals surface area contributed by atoms with Gasteiger partial charge in [0.05, 0.1) is 5.69 Å². The van der Waals surface area contributed by atoms with Crippen LogP contribution in [-0.2, 0) is 0 Å². The topological polar surface area (TPSA) is 72.5 Å². The van der Waals surface area contributed by atoms with Gasteiger partial charge in [-0.05, 0) is 30.4 Å². The molecule has 0 unspecified atom stereocenters. The zero-order valence-electron chi connectivity index (χ0n) is 13.4. The van der Waals surface area contributed by atoms with E-state index in [0.717, 1.165) is 11.3 Å². The maximum atomic E-state index is 12.3. The average molecular weight is 383 g/mol. The van der Waals surface area contributed by atoms with E-state index in [9.17, 15) is 4.79 Å². The monoisotopic (exact) mass is 383 g/mol. The molecule has 130 valence electrons. The minimum Gasteiger partial charge on any atom is -0.454 e. The lowest BCUT2D eigenvalue weighted by Crippen LogP contribution is -2.34. The first-order chi connectivity index (χ1) is 12.7. The van der Waals surface area contributed by atoms with Crippen LogP contribution in [0.2, 0.25) is 0 Å². The second-order valence-electron chi connectivity index (χ2n) is 5.38. The van der Waals surface area contributed by atoms with Gasteiger partial charge in [-0.1, -0.05) is 30.3 Å². The molecule has 2 N–H and O–H groups in total. The predicted octanol–water partition coefficient (Wildman–Crippen LogP) is 3.67. The second kappa shape index (κ2) is 7.11. The van der Waals surface area contributed by atoms with Crippen molar-refractivity contribution in [3.8, 4) is 22.8 Å². The Bertz CT molecular complexity index is 973. The van der Waals surface area contributed by atoms with Crippen molar-refractivity contribution in [1.82, 2.24) is 10.3 Å². The van der Waals surface area contributed by atoms with E-state index < -0.39 is 0 Å². The van der Waals surface area contributed by atoms with Crippen molar-refractivity contribution < 1.29 is 14.3 Å². The molecular formula is C18H13N3O3S2. The second-order valence-corrected chi connectivity index (χ2v) is 6.65. The zero-order valence-corrected chi connectivity index (χ0v) is 15.0. The number of thiazole rings is 1. The SMILES string of the molecule is O=C(NC(=S)Nc1nc(-c2ccccc2)cs1)c1ccc2c(c1)OCO2. The number of anilines is 1. The fourth-order valence-corrected chi connectivity index (χ4v) is 3.39. The minimum atomic E-state index is -0.333. The van der Waals surface area contributed by atoms with Gasteiger partial charge in [-0.25, -0.2) is 4.98 Å². The Balaban J connectivity index is 1.40. The molecule has 0 fully saturated rings. The van der Waals surface area contributed by atoms with E-state index in [4.69, 9.17) is 21.7 Å². The summed E-state index contributed by atoms with van der Waals surface area (Å²) in [5, 5.41) is 8.30. The van der Waals surface area contributed by atoms with E-state index in [1.807, 2.05) is 35.7 Å². The number of thiocarbonyl (C=S) groups is 1. The van der Waals surface area contributed by atoms with Crippen LogP contribution in [0.1, 0.15) is 10.4 Å². The third-order valence-corrected chi connectivity index (χ3v) is 4.62. The normalized spacial score (nSPS) is 11.8. The molecule has 0 radical (unpaired) electrons. The Morgan fingerprint density at radius 3 is 2.77 bits per heavy atom. The molecule has 0 atom stereocenters. The van der Waals surface area contributed by atoms with Gasteiger partial charge in [-0.15, -0.1) is 11.3 Å². The Morgan fingerprint density at radius 2 is 1.92 bits per heavy atom. The number of carbonyl (C=O) groups excluding carboxylic acids is 1. The smallest absolute Gasteiger partial charge is 0.257 e. The van der Waals surface area contributed by atoms with Gasteiger partial charge < -0.3 is 14.8 Å². The maximum Gasteiger partial charge on any atom is 0.257 e. The summed E-state index contributed by atoms with van der Waals surface area (Å²) in [6, 6.07) is 14.8. The predicted molar refractivity (Wildman–Crippen MR) is 104 cm³/mol. The van der Waals surface area contributed by atoms with Crippen LogP contribution < -0.4 is 20.1 Å². The highest BCUT2D eigenvalue weighted by molar-refractivity contribution is 7.80. The summed E-state index contributed by atoms with van der Waals surface area (Å²) in [5.41, 5.74) is 2.30. The van der Waals surface area contributed by atoms with Crippen molar-refractivity contribution in [3.05, 3.63) is 59.5 Å². The molecule has 1 aliphatic rings. The first kappa shape index (κ1) is 16.5. The third kappa shape index (κ3) is 3.51. The molecule has 1 aliphatic heterocycles. The number of hydrogen-bond acceptors (Lipinski definition) is 6. The Labute approximate surface area is 158 Å². The van der Waals surface area contributed by atoms with Gasteiger partial charge in [0, 0.05) is 16.5 Å². The summed E-state index contributed by atoms with van der Waals surface area (Å²) in [6.45, 7) is 0.161. The lowest BCUT2D eigenvalue weighted by Gasteiger charge is -2.07. The highest BCUT2D eigenvalue weighted by atomic mass is 32.1. The number of rotatable bonds is 3. The number of carbonyl (C=O) groups is 1. The van der Waals surface area contributed by atoms with E-state index in [-0.39, 0.29) is 17.8 Å². The third-order valence-electron chi connectivity index (χ3n) is 3.66. The molecule has 0 spiro atoms. The van der Waals surface area contributed by atoms with E-state index in [1.54, 1.807) is 18.2 Å². The molecule has 4 rings (SSSR count). The van der Waals surface area contributed by atoms with E-state index in [0.29, 0.717) is 22.2 Å².